The van der Waals surface area contributed by atoms with Crippen LogP contribution in [-0.2, 0) is 12.8 Å². The first-order valence-corrected chi connectivity index (χ1v) is 9.62. The molecule has 132 valence electrons. The van der Waals surface area contributed by atoms with Gasteiger partial charge in [-0.3, -0.25) is 4.79 Å². The Labute approximate surface area is 153 Å². The zero-order valence-corrected chi connectivity index (χ0v) is 15.1. The molecule has 4 rings (SSSR count). The van der Waals surface area contributed by atoms with E-state index in [0.717, 1.165) is 74.4 Å². The number of carbonyl (C=O) groups is 1. The number of rotatable bonds is 2. The Morgan fingerprint density at radius 3 is 2.76 bits per heavy atom. The molecule has 0 bridgehead atoms. The summed E-state index contributed by atoms with van der Waals surface area (Å²) in [4.78, 5) is 15.1. The van der Waals surface area contributed by atoms with E-state index in [4.69, 9.17) is 16.1 Å². The highest BCUT2D eigenvalue weighted by molar-refractivity contribution is 6.30. The second-order valence-electron chi connectivity index (χ2n) is 7.14. The van der Waals surface area contributed by atoms with Crippen LogP contribution in [0.25, 0.3) is 0 Å². The number of amides is 1. The lowest BCUT2D eigenvalue weighted by Gasteiger charge is -2.24. The van der Waals surface area contributed by atoms with Crippen molar-refractivity contribution >= 4 is 17.5 Å². The molecule has 1 aromatic heterocycles. The molecular formula is C20H23ClN2O2. The zero-order chi connectivity index (χ0) is 17.2. The van der Waals surface area contributed by atoms with E-state index in [1.165, 1.54) is 5.56 Å². The Balaban J connectivity index is 1.55. The molecule has 1 amide bonds. The largest absolute Gasteiger partial charge is 0.360 e. The van der Waals surface area contributed by atoms with Gasteiger partial charge in [-0.1, -0.05) is 35.3 Å². The quantitative estimate of drug-likeness (QED) is 0.787. The van der Waals surface area contributed by atoms with Gasteiger partial charge in [0.15, 0.2) is 5.69 Å². The van der Waals surface area contributed by atoms with Crippen LogP contribution in [0.4, 0.5) is 0 Å². The molecule has 1 unspecified atom stereocenters. The standard InChI is InChI=1S/C20H23ClN2O2/c21-16-10-8-14(9-11-16)15-5-3-4-12-23(13-15)20(24)19-17-6-1-2-7-18(17)25-22-19/h8-11,15H,1-7,12-13H2. The van der Waals surface area contributed by atoms with Crippen molar-refractivity contribution in [3.05, 3.63) is 51.9 Å². The molecule has 5 heteroatoms. The van der Waals surface area contributed by atoms with Crippen molar-refractivity contribution in [1.29, 1.82) is 0 Å². The minimum Gasteiger partial charge on any atom is -0.360 e. The van der Waals surface area contributed by atoms with E-state index in [-0.39, 0.29) is 5.91 Å². The van der Waals surface area contributed by atoms with Gasteiger partial charge >= 0.3 is 0 Å². The van der Waals surface area contributed by atoms with E-state index in [0.29, 0.717) is 11.6 Å². The summed E-state index contributed by atoms with van der Waals surface area (Å²) < 4.78 is 5.44. The van der Waals surface area contributed by atoms with Crippen LogP contribution in [0.3, 0.4) is 0 Å². The maximum atomic E-state index is 13.1. The zero-order valence-electron chi connectivity index (χ0n) is 14.3. The van der Waals surface area contributed by atoms with Crippen molar-refractivity contribution in [2.75, 3.05) is 13.1 Å². The van der Waals surface area contributed by atoms with Gasteiger partial charge in [-0.25, -0.2) is 0 Å². The van der Waals surface area contributed by atoms with E-state index in [1.807, 2.05) is 17.0 Å². The lowest BCUT2D eigenvalue weighted by Crippen LogP contribution is -2.35. The maximum absolute atomic E-state index is 13.1. The van der Waals surface area contributed by atoms with E-state index in [1.54, 1.807) is 0 Å². The molecule has 4 nitrogen and oxygen atoms in total. The molecule has 0 radical (unpaired) electrons. The number of carbonyl (C=O) groups excluding carboxylic acids is 1. The fourth-order valence-electron chi connectivity index (χ4n) is 4.04. The number of hydrogen-bond acceptors (Lipinski definition) is 3. The molecule has 1 fully saturated rings. The van der Waals surface area contributed by atoms with Crippen LogP contribution in [-0.4, -0.2) is 29.1 Å². The number of nitrogens with zero attached hydrogens (tertiary/aromatic N) is 2. The van der Waals surface area contributed by atoms with Gasteiger partial charge in [0.1, 0.15) is 5.76 Å². The van der Waals surface area contributed by atoms with Gasteiger partial charge in [0.25, 0.3) is 5.91 Å². The summed E-state index contributed by atoms with van der Waals surface area (Å²) >= 11 is 6.01. The van der Waals surface area contributed by atoms with Crippen LogP contribution >= 0.6 is 11.6 Å². The van der Waals surface area contributed by atoms with Gasteiger partial charge in [0.05, 0.1) is 0 Å². The summed E-state index contributed by atoms with van der Waals surface area (Å²) in [6.07, 6.45) is 7.32. The summed E-state index contributed by atoms with van der Waals surface area (Å²) in [6, 6.07) is 8.03. The molecule has 0 N–H and O–H groups in total. The number of fused-ring (bicyclic) bond motifs is 1. The molecule has 0 saturated carbocycles. The Bertz CT molecular complexity index is 754. The van der Waals surface area contributed by atoms with E-state index in [9.17, 15) is 4.79 Å². The molecule has 0 spiro atoms. The molecule has 1 atom stereocenters. The highest BCUT2D eigenvalue weighted by Crippen LogP contribution is 2.30. The summed E-state index contributed by atoms with van der Waals surface area (Å²) in [5, 5.41) is 4.88. The molecule has 1 aliphatic carbocycles. The monoisotopic (exact) mass is 358 g/mol. The lowest BCUT2D eigenvalue weighted by molar-refractivity contribution is 0.0743. The molecule has 2 aliphatic rings. The van der Waals surface area contributed by atoms with Crippen molar-refractivity contribution in [3.63, 3.8) is 0 Å². The summed E-state index contributed by atoms with van der Waals surface area (Å²) in [5.74, 6) is 1.30. The fourth-order valence-corrected chi connectivity index (χ4v) is 4.16. The second-order valence-corrected chi connectivity index (χ2v) is 7.57. The third-order valence-electron chi connectivity index (χ3n) is 5.45. The Morgan fingerprint density at radius 2 is 1.92 bits per heavy atom. The average Bonchev–Trinajstić information content (AvgIpc) is 2.91. The first-order chi connectivity index (χ1) is 12.2. The minimum absolute atomic E-state index is 0.0350. The number of halogens is 1. The van der Waals surface area contributed by atoms with Gasteiger partial charge in [-0.15, -0.1) is 0 Å². The van der Waals surface area contributed by atoms with Gasteiger partial charge < -0.3 is 9.42 Å². The normalized spacial score (nSPS) is 20.8. The minimum atomic E-state index is 0.0350. The van der Waals surface area contributed by atoms with Crippen LogP contribution < -0.4 is 0 Å². The average molecular weight is 359 g/mol. The fraction of sp³-hybridized carbons (Fsp3) is 0.500. The Hall–Kier alpha value is -1.81. The SMILES string of the molecule is O=C(c1noc2c1CCCC2)N1CCCCC(c2ccc(Cl)cc2)C1. The van der Waals surface area contributed by atoms with Crippen LogP contribution in [0.2, 0.25) is 5.02 Å². The summed E-state index contributed by atoms with van der Waals surface area (Å²) in [6.45, 7) is 1.53. The second kappa shape index (κ2) is 7.20. The van der Waals surface area contributed by atoms with E-state index in [2.05, 4.69) is 17.3 Å². The van der Waals surface area contributed by atoms with Crippen LogP contribution in [0, 0.1) is 0 Å². The van der Waals surface area contributed by atoms with Crippen molar-refractivity contribution in [2.45, 2.75) is 50.9 Å². The van der Waals surface area contributed by atoms with Crippen LogP contribution in [0.15, 0.2) is 28.8 Å². The molecule has 2 aromatic rings. The highest BCUT2D eigenvalue weighted by atomic mass is 35.5. The smallest absolute Gasteiger partial charge is 0.276 e. The number of hydrogen-bond donors (Lipinski definition) is 0. The predicted molar refractivity (Wildman–Crippen MR) is 97.1 cm³/mol. The number of aryl methyl sites for hydroxylation is 1. The molecule has 1 aliphatic heterocycles. The predicted octanol–water partition coefficient (Wildman–Crippen LogP) is 4.62. The summed E-state index contributed by atoms with van der Waals surface area (Å²) in [7, 11) is 0. The molecular weight excluding hydrogens is 336 g/mol. The van der Waals surface area contributed by atoms with Gasteiger partial charge in [0, 0.05) is 36.0 Å². The van der Waals surface area contributed by atoms with Gasteiger partial charge in [-0.05, 0) is 49.8 Å². The van der Waals surface area contributed by atoms with Crippen molar-refractivity contribution in [1.82, 2.24) is 10.1 Å². The lowest BCUT2D eigenvalue weighted by atomic mass is 9.94. The van der Waals surface area contributed by atoms with Crippen molar-refractivity contribution < 1.29 is 9.32 Å². The maximum Gasteiger partial charge on any atom is 0.276 e. The third kappa shape index (κ3) is 3.45. The number of aromatic nitrogens is 1. The molecule has 1 saturated heterocycles. The van der Waals surface area contributed by atoms with E-state index >= 15 is 0 Å². The summed E-state index contributed by atoms with van der Waals surface area (Å²) in [5.41, 5.74) is 2.85. The Kier molecular flexibility index (Phi) is 4.80. The third-order valence-corrected chi connectivity index (χ3v) is 5.70. The van der Waals surface area contributed by atoms with E-state index < -0.39 is 0 Å². The Morgan fingerprint density at radius 1 is 1.12 bits per heavy atom. The van der Waals surface area contributed by atoms with Gasteiger partial charge in [0.2, 0.25) is 0 Å². The molecule has 2 heterocycles. The van der Waals surface area contributed by atoms with Crippen LogP contribution in [0.1, 0.15) is 65.4 Å². The van der Waals surface area contributed by atoms with Gasteiger partial charge in [-0.2, -0.15) is 0 Å². The number of likely N-dealkylation sites (tertiary alicyclic amines) is 1. The first kappa shape index (κ1) is 16.6. The molecule has 25 heavy (non-hydrogen) atoms. The van der Waals surface area contributed by atoms with Crippen LogP contribution in [0.5, 0.6) is 0 Å². The topological polar surface area (TPSA) is 46.3 Å². The van der Waals surface area contributed by atoms with Crippen molar-refractivity contribution in [2.24, 2.45) is 0 Å². The number of benzene rings is 1. The molecule has 1 aromatic carbocycles. The highest BCUT2D eigenvalue weighted by Gasteiger charge is 2.30. The van der Waals surface area contributed by atoms with Crippen molar-refractivity contribution in [3.8, 4) is 0 Å². The first-order valence-electron chi connectivity index (χ1n) is 9.24.